The molecular formula is C17H23N5O2S2. The number of aryl methyl sites for hydroxylation is 1. The van der Waals surface area contributed by atoms with E-state index in [9.17, 15) is 4.79 Å². The summed E-state index contributed by atoms with van der Waals surface area (Å²) in [7, 11) is 0. The molecule has 140 valence electrons. The number of piperidine rings is 1. The lowest BCUT2D eigenvalue weighted by Crippen LogP contribution is -2.47. The standard InChI is InChI=1S/C17H23N5O2S2/c1-13-19-20-15(26-13)12-22-7-8-24-17(10-16(22)23)2-5-21(6-3-17)11-14-18-4-9-25-14/h4,9H,2-3,5-8,10-12H2,1H3. The van der Waals surface area contributed by atoms with E-state index in [1.54, 1.807) is 22.7 Å². The molecule has 1 spiro atoms. The Morgan fingerprint density at radius 3 is 2.73 bits per heavy atom. The first kappa shape index (κ1) is 18.0. The second-order valence-corrected chi connectivity index (χ2v) is 9.19. The third-order valence-electron chi connectivity index (χ3n) is 5.10. The fourth-order valence-electron chi connectivity index (χ4n) is 3.63. The smallest absolute Gasteiger partial charge is 0.225 e. The molecule has 0 aromatic carbocycles. The van der Waals surface area contributed by atoms with Crippen LogP contribution in [0.2, 0.25) is 0 Å². The first-order valence-corrected chi connectivity index (χ1v) is 10.6. The molecule has 2 aromatic rings. The zero-order valence-electron chi connectivity index (χ0n) is 14.9. The molecule has 0 saturated carbocycles. The van der Waals surface area contributed by atoms with Gasteiger partial charge in [-0.15, -0.1) is 21.5 Å². The summed E-state index contributed by atoms with van der Waals surface area (Å²) in [6, 6.07) is 0. The van der Waals surface area contributed by atoms with Crippen LogP contribution in [0.3, 0.4) is 0 Å². The van der Waals surface area contributed by atoms with E-state index in [1.165, 1.54) is 0 Å². The Morgan fingerprint density at radius 2 is 2.04 bits per heavy atom. The van der Waals surface area contributed by atoms with Crippen molar-refractivity contribution in [3.05, 3.63) is 26.6 Å². The molecule has 2 aromatic heterocycles. The molecule has 0 unspecified atom stereocenters. The Balaban J connectivity index is 1.34. The number of thiazole rings is 1. The van der Waals surface area contributed by atoms with Crippen molar-refractivity contribution in [1.82, 2.24) is 25.0 Å². The summed E-state index contributed by atoms with van der Waals surface area (Å²) in [5, 5.41) is 13.2. The van der Waals surface area contributed by atoms with E-state index in [-0.39, 0.29) is 11.5 Å². The number of likely N-dealkylation sites (tertiary alicyclic amines) is 1. The van der Waals surface area contributed by atoms with Crippen LogP contribution in [0.15, 0.2) is 11.6 Å². The molecule has 0 aliphatic carbocycles. The first-order chi connectivity index (χ1) is 12.6. The largest absolute Gasteiger partial charge is 0.373 e. The minimum atomic E-state index is -0.303. The molecule has 9 heteroatoms. The number of hydrogen-bond acceptors (Lipinski definition) is 8. The number of nitrogens with zero attached hydrogens (tertiary/aromatic N) is 5. The Labute approximate surface area is 161 Å². The van der Waals surface area contributed by atoms with Crippen LogP contribution in [-0.4, -0.2) is 62.7 Å². The van der Waals surface area contributed by atoms with E-state index in [0.717, 1.165) is 47.5 Å². The highest BCUT2D eigenvalue weighted by atomic mass is 32.1. The maximum absolute atomic E-state index is 12.8. The highest BCUT2D eigenvalue weighted by Crippen LogP contribution is 2.33. The van der Waals surface area contributed by atoms with Crippen molar-refractivity contribution in [2.45, 2.75) is 44.9 Å². The van der Waals surface area contributed by atoms with Crippen LogP contribution < -0.4 is 0 Å². The average Bonchev–Trinajstić information content (AvgIpc) is 3.25. The molecule has 0 bridgehead atoms. The topological polar surface area (TPSA) is 71.5 Å². The minimum Gasteiger partial charge on any atom is -0.373 e. The van der Waals surface area contributed by atoms with Crippen molar-refractivity contribution in [2.24, 2.45) is 0 Å². The fraction of sp³-hybridized carbons (Fsp3) is 0.647. The van der Waals surface area contributed by atoms with Crippen LogP contribution in [-0.2, 0) is 22.6 Å². The summed E-state index contributed by atoms with van der Waals surface area (Å²) in [6.45, 7) is 6.48. The van der Waals surface area contributed by atoms with Crippen molar-refractivity contribution >= 4 is 28.6 Å². The van der Waals surface area contributed by atoms with Crippen LogP contribution in [0.4, 0.5) is 0 Å². The number of carbonyl (C=O) groups excluding carboxylic acids is 1. The first-order valence-electron chi connectivity index (χ1n) is 8.93. The number of rotatable bonds is 4. The maximum atomic E-state index is 12.8. The lowest BCUT2D eigenvalue weighted by Gasteiger charge is -2.40. The van der Waals surface area contributed by atoms with Gasteiger partial charge >= 0.3 is 0 Å². The van der Waals surface area contributed by atoms with Gasteiger partial charge in [-0.25, -0.2) is 4.98 Å². The van der Waals surface area contributed by atoms with E-state index >= 15 is 0 Å². The lowest BCUT2D eigenvalue weighted by molar-refractivity contribution is -0.136. The van der Waals surface area contributed by atoms with E-state index in [4.69, 9.17) is 4.74 Å². The Kier molecular flexibility index (Phi) is 5.30. The zero-order chi connectivity index (χ0) is 18.0. The molecule has 0 N–H and O–H groups in total. The quantitative estimate of drug-likeness (QED) is 0.792. The fourth-order valence-corrected chi connectivity index (χ4v) is 5.01. The van der Waals surface area contributed by atoms with E-state index < -0.39 is 0 Å². The molecule has 2 fully saturated rings. The van der Waals surface area contributed by atoms with Gasteiger partial charge in [-0.1, -0.05) is 11.3 Å². The van der Waals surface area contributed by atoms with Crippen LogP contribution in [0.25, 0.3) is 0 Å². The molecule has 2 aliphatic heterocycles. The van der Waals surface area contributed by atoms with Crippen LogP contribution in [0.1, 0.15) is 34.3 Å². The summed E-state index contributed by atoms with van der Waals surface area (Å²) in [4.78, 5) is 21.5. The molecule has 2 aliphatic rings. The summed E-state index contributed by atoms with van der Waals surface area (Å²) < 4.78 is 6.22. The molecule has 0 radical (unpaired) electrons. The molecule has 0 atom stereocenters. The average molecular weight is 394 g/mol. The zero-order valence-corrected chi connectivity index (χ0v) is 16.5. The van der Waals surface area contributed by atoms with E-state index in [1.807, 2.05) is 23.4 Å². The minimum absolute atomic E-state index is 0.170. The third-order valence-corrected chi connectivity index (χ3v) is 6.69. The van der Waals surface area contributed by atoms with Crippen molar-refractivity contribution in [3.8, 4) is 0 Å². The Morgan fingerprint density at radius 1 is 1.19 bits per heavy atom. The van der Waals surface area contributed by atoms with Gasteiger partial charge in [-0.05, 0) is 19.8 Å². The Hall–Kier alpha value is -1.42. The van der Waals surface area contributed by atoms with Crippen molar-refractivity contribution in [2.75, 3.05) is 26.2 Å². The normalized spacial score (nSPS) is 21.3. The van der Waals surface area contributed by atoms with Gasteiger partial charge in [0.25, 0.3) is 0 Å². The molecule has 1 amide bonds. The van der Waals surface area contributed by atoms with E-state index in [2.05, 4.69) is 20.1 Å². The highest BCUT2D eigenvalue weighted by Gasteiger charge is 2.40. The summed E-state index contributed by atoms with van der Waals surface area (Å²) in [5.74, 6) is 0.170. The maximum Gasteiger partial charge on any atom is 0.225 e. The van der Waals surface area contributed by atoms with Crippen molar-refractivity contribution in [1.29, 1.82) is 0 Å². The van der Waals surface area contributed by atoms with Gasteiger partial charge in [0.2, 0.25) is 5.91 Å². The van der Waals surface area contributed by atoms with Crippen molar-refractivity contribution in [3.63, 3.8) is 0 Å². The Bertz CT molecular complexity index is 740. The molecule has 26 heavy (non-hydrogen) atoms. The van der Waals surface area contributed by atoms with E-state index in [0.29, 0.717) is 26.1 Å². The number of hydrogen-bond donors (Lipinski definition) is 0. The second-order valence-electron chi connectivity index (χ2n) is 6.94. The summed E-state index contributed by atoms with van der Waals surface area (Å²) >= 11 is 3.25. The third kappa shape index (κ3) is 4.11. The SMILES string of the molecule is Cc1nnc(CN2CCOC3(CCN(Cc4nccs4)CC3)CC2=O)s1. The van der Waals surface area contributed by atoms with Crippen LogP contribution in [0, 0.1) is 6.92 Å². The molecule has 2 saturated heterocycles. The predicted molar refractivity (Wildman–Crippen MR) is 100.0 cm³/mol. The van der Waals surface area contributed by atoms with Crippen molar-refractivity contribution < 1.29 is 9.53 Å². The van der Waals surface area contributed by atoms with Gasteiger partial charge in [-0.3, -0.25) is 9.69 Å². The molecular weight excluding hydrogens is 370 g/mol. The molecule has 4 rings (SSSR count). The summed E-state index contributed by atoms with van der Waals surface area (Å²) in [5.41, 5.74) is -0.303. The number of aromatic nitrogens is 3. The van der Waals surface area contributed by atoms with Crippen LogP contribution >= 0.6 is 22.7 Å². The number of amides is 1. The van der Waals surface area contributed by atoms with Gasteiger partial charge in [-0.2, -0.15) is 0 Å². The van der Waals surface area contributed by atoms with Gasteiger partial charge < -0.3 is 9.64 Å². The van der Waals surface area contributed by atoms with Gasteiger partial charge in [0.15, 0.2) is 0 Å². The van der Waals surface area contributed by atoms with Gasteiger partial charge in [0.05, 0.1) is 31.7 Å². The summed E-state index contributed by atoms with van der Waals surface area (Å²) in [6.07, 6.45) is 4.12. The predicted octanol–water partition coefficient (Wildman–Crippen LogP) is 2.09. The van der Waals surface area contributed by atoms with Crippen LogP contribution in [0.5, 0.6) is 0 Å². The molecule has 7 nitrogen and oxygen atoms in total. The van der Waals surface area contributed by atoms with Gasteiger partial charge in [0, 0.05) is 31.2 Å². The van der Waals surface area contributed by atoms with Gasteiger partial charge in [0.1, 0.15) is 15.0 Å². The lowest BCUT2D eigenvalue weighted by atomic mass is 9.87. The monoisotopic (exact) mass is 393 g/mol. The second kappa shape index (κ2) is 7.67. The molecule has 4 heterocycles. The highest BCUT2D eigenvalue weighted by molar-refractivity contribution is 7.11. The number of ether oxygens (including phenoxy) is 1. The number of carbonyl (C=O) groups is 1.